The van der Waals surface area contributed by atoms with Gasteiger partial charge in [0, 0.05) is 29.9 Å². The molecule has 0 saturated carbocycles. The zero-order valence-corrected chi connectivity index (χ0v) is 12.3. The van der Waals surface area contributed by atoms with Crippen molar-refractivity contribution in [2.45, 2.75) is 18.9 Å². The lowest BCUT2D eigenvalue weighted by atomic mass is 10.1. The topological polar surface area (TPSA) is 29.5 Å². The van der Waals surface area contributed by atoms with Crippen molar-refractivity contribution >= 4 is 28.5 Å². The Morgan fingerprint density at radius 2 is 2.11 bits per heavy atom. The standard InChI is InChI=1S/C13H15FINO2/c1-16(10-4-6-18-7-5-10)13(17)11-3-2-9(14)8-12(11)15/h2-3,8,10H,4-7H2,1H3. The lowest BCUT2D eigenvalue weighted by Crippen LogP contribution is -2.40. The minimum absolute atomic E-state index is 0.0497. The zero-order valence-electron chi connectivity index (χ0n) is 10.2. The fourth-order valence-corrected chi connectivity index (χ4v) is 2.80. The molecule has 0 aromatic heterocycles. The van der Waals surface area contributed by atoms with Crippen molar-refractivity contribution in [3.63, 3.8) is 0 Å². The van der Waals surface area contributed by atoms with Gasteiger partial charge in [0.05, 0.1) is 5.56 Å². The molecule has 0 atom stereocenters. The van der Waals surface area contributed by atoms with Crippen molar-refractivity contribution in [1.29, 1.82) is 0 Å². The van der Waals surface area contributed by atoms with Crippen LogP contribution >= 0.6 is 22.6 Å². The highest BCUT2D eigenvalue weighted by Gasteiger charge is 2.24. The Labute approximate surface area is 119 Å². The van der Waals surface area contributed by atoms with E-state index in [2.05, 4.69) is 0 Å². The Balaban J connectivity index is 2.14. The van der Waals surface area contributed by atoms with Crippen molar-refractivity contribution in [2.24, 2.45) is 0 Å². The van der Waals surface area contributed by atoms with Crippen LogP contribution in [0, 0.1) is 9.39 Å². The average Bonchev–Trinajstić information content (AvgIpc) is 2.38. The molecule has 98 valence electrons. The van der Waals surface area contributed by atoms with E-state index in [4.69, 9.17) is 4.74 Å². The predicted molar refractivity (Wildman–Crippen MR) is 75.1 cm³/mol. The smallest absolute Gasteiger partial charge is 0.254 e. The van der Waals surface area contributed by atoms with Gasteiger partial charge in [-0.05, 0) is 53.6 Å². The Morgan fingerprint density at radius 3 is 2.72 bits per heavy atom. The number of benzene rings is 1. The van der Waals surface area contributed by atoms with Crippen LogP contribution in [0.5, 0.6) is 0 Å². The first-order valence-electron chi connectivity index (χ1n) is 5.89. The number of halogens is 2. The quantitative estimate of drug-likeness (QED) is 0.757. The number of hydrogen-bond donors (Lipinski definition) is 0. The molecule has 1 fully saturated rings. The predicted octanol–water partition coefficient (Wildman–Crippen LogP) is 2.68. The average molecular weight is 363 g/mol. The zero-order chi connectivity index (χ0) is 13.1. The van der Waals surface area contributed by atoms with Crippen LogP contribution in [0.25, 0.3) is 0 Å². The molecule has 0 bridgehead atoms. The van der Waals surface area contributed by atoms with Gasteiger partial charge in [0.2, 0.25) is 0 Å². The fraction of sp³-hybridized carbons (Fsp3) is 0.462. The summed E-state index contributed by atoms with van der Waals surface area (Å²) in [5, 5.41) is 0. The third-order valence-electron chi connectivity index (χ3n) is 3.22. The van der Waals surface area contributed by atoms with Crippen molar-refractivity contribution in [3.05, 3.63) is 33.1 Å². The maximum absolute atomic E-state index is 13.0. The number of carbonyl (C=O) groups excluding carboxylic acids is 1. The number of nitrogens with zero attached hydrogens (tertiary/aromatic N) is 1. The summed E-state index contributed by atoms with van der Waals surface area (Å²) in [4.78, 5) is 14.1. The van der Waals surface area contributed by atoms with E-state index in [1.54, 1.807) is 18.0 Å². The van der Waals surface area contributed by atoms with Crippen LogP contribution in [-0.2, 0) is 4.74 Å². The molecule has 1 aromatic carbocycles. The van der Waals surface area contributed by atoms with Crippen LogP contribution in [0.15, 0.2) is 18.2 Å². The largest absolute Gasteiger partial charge is 0.381 e. The highest BCUT2D eigenvalue weighted by Crippen LogP contribution is 2.19. The third-order valence-corrected chi connectivity index (χ3v) is 4.11. The second kappa shape index (κ2) is 5.97. The Morgan fingerprint density at radius 1 is 1.44 bits per heavy atom. The first-order valence-corrected chi connectivity index (χ1v) is 6.97. The van der Waals surface area contributed by atoms with E-state index in [1.165, 1.54) is 12.1 Å². The van der Waals surface area contributed by atoms with Gasteiger partial charge in [0.1, 0.15) is 5.82 Å². The van der Waals surface area contributed by atoms with E-state index in [0.29, 0.717) is 22.3 Å². The van der Waals surface area contributed by atoms with Crippen LogP contribution in [0.3, 0.4) is 0 Å². The van der Waals surface area contributed by atoms with Crippen molar-refractivity contribution in [1.82, 2.24) is 4.90 Å². The second-order valence-corrected chi connectivity index (χ2v) is 5.55. The van der Waals surface area contributed by atoms with Gasteiger partial charge >= 0.3 is 0 Å². The summed E-state index contributed by atoms with van der Waals surface area (Å²) < 4.78 is 19.0. The van der Waals surface area contributed by atoms with E-state index in [0.717, 1.165) is 12.8 Å². The molecule has 1 heterocycles. The summed E-state index contributed by atoms with van der Waals surface area (Å²) in [5.41, 5.74) is 0.561. The minimum atomic E-state index is -0.315. The van der Waals surface area contributed by atoms with Crippen molar-refractivity contribution in [3.8, 4) is 0 Å². The molecule has 0 spiro atoms. The highest BCUT2D eigenvalue weighted by atomic mass is 127. The van der Waals surface area contributed by atoms with E-state index >= 15 is 0 Å². The Hall–Kier alpha value is -0.690. The van der Waals surface area contributed by atoms with E-state index < -0.39 is 0 Å². The molecule has 3 nitrogen and oxygen atoms in total. The van der Waals surface area contributed by atoms with Crippen LogP contribution in [0.2, 0.25) is 0 Å². The van der Waals surface area contributed by atoms with Gasteiger partial charge in [-0.2, -0.15) is 0 Å². The van der Waals surface area contributed by atoms with Gasteiger partial charge in [0.25, 0.3) is 5.91 Å². The fourth-order valence-electron chi connectivity index (χ4n) is 2.09. The summed E-state index contributed by atoms with van der Waals surface area (Å²) in [7, 11) is 1.80. The minimum Gasteiger partial charge on any atom is -0.381 e. The van der Waals surface area contributed by atoms with E-state index in [-0.39, 0.29) is 17.8 Å². The molecular formula is C13H15FINO2. The molecule has 0 unspecified atom stereocenters. The highest BCUT2D eigenvalue weighted by molar-refractivity contribution is 14.1. The monoisotopic (exact) mass is 363 g/mol. The number of amides is 1. The Kier molecular flexibility index (Phi) is 4.55. The lowest BCUT2D eigenvalue weighted by molar-refractivity contribution is 0.0361. The normalized spacial score (nSPS) is 16.6. The van der Waals surface area contributed by atoms with E-state index in [1.807, 2.05) is 22.6 Å². The number of ether oxygens (including phenoxy) is 1. The van der Waals surface area contributed by atoms with Crippen molar-refractivity contribution in [2.75, 3.05) is 20.3 Å². The summed E-state index contributed by atoms with van der Waals surface area (Å²) in [6.45, 7) is 1.39. The molecule has 1 amide bonds. The van der Waals surface area contributed by atoms with Crippen LogP contribution < -0.4 is 0 Å². The second-order valence-electron chi connectivity index (χ2n) is 4.38. The van der Waals surface area contributed by atoms with Gasteiger partial charge in [-0.25, -0.2) is 4.39 Å². The molecule has 0 aliphatic carbocycles. The van der Waals surface area contributed by atoms with Crippen LogP contribution in [0.4, 0.5) is 4.39 Å². The molecular weight excluding hydrogens is 348 g/mol. The Bertz CT molecular complexity index is 447. The number of carbonyl (C=O) groups is 1. The summed E-state index contributed by atoms with van der Waals surface area (Å²) in [5.74, 6) is -0.365. The lowest BCUT2D eigenvalue weighted by Gasteiger charge is -2.31. The molecule has 1 aliphatic rings. The third kappa shape index (κ3) is 3.00. The summed E-state index contributed by atoms with van der Waals surface area (Å²) in [6, 6.07) is 4.47. The van der Waals surface area contributed by atoms with Gasteiger partial charge < -0.3 is 9.64 Å². The molecule has 18 heavy (non-hydrogen) atoms. The summed E-state index contributed by atoms with van der Waals surface area (Å²) >= 11 is 1.99. The molecule has 1 saturated heterocycles. The SMILES string of the molecule is CN(C(=O)c1ccc(F)cc1I)C1CCOCC1. The van der Waals surface area contributed by atoms with Crippen LogP contribution in [0.1, 0.15) is 23.2 Å². The summed E-state index contributed by atoms with van der Waals surface area (Å²) in [6.07, 6.45) is 1.72. The first-order chi connectivity index (χ1) is 8.59. The molecule has 0 radical (unpaired) electrons. The van der Waals surface area contributed by atoms with Gasteiger partial charge in [-0.1, -0.05) is 0 Å². The number of hydrogen-bond acceptors (Lipinski definition) is 2. The molecule has 1 aromatic rings. The maximum Gasteiger partial charge on any atom is 0.254 e. The number of rotatable bonds is 2. The van der Waals surface area contributed by atoms with Gasteiger partial charge in [0.15, 0.2) is 0 Å². The maximum atomic E-state index is 13.0. The van der Waals surface area contributed by atoms with Crippen LogP contribution in [-0.4, -0.2) is 37.1 Å². The molecule has 5 heteroatoms. The molecule has 0 N–H and O–H groups in total. The first kappa shape index (κ1) is 13.7. The molecule has 1 aliphatic heterocycles. The van der Waals surface area contributed by atoms with Crippen molar-refractivity contribution < 1.29 is 13.9 Å². The van der Waals surface area contributed by atoms with Gasteiger partial charge in [-0.3, -0.25) is 4.79 Å². The van der Waals surface area contributed by atoms with Gasteiger partial charge in [-0.15, -0.1) is 0 Å². The molecule has 2 rings (SSSR count). The van der Waals surface area contributed by atoms with E-state index in [9.17, 15) is 9.18 Å².